The second-order valence-electron chi connectivity index (χ2n) is 4.18. The predicted molar refractivity (Wildman–Crippen MR) is 73.6 cm³/mol. The summed E-state index contributed by atoms with van der Waals surface area (Å²) in [6.45, 7) is 2.25. The first-order valence-corrected chi connectivity index (χ1v) is 7.28. The fourth-order valence-electron chi connectivity index (χ4n) is 2.25. The molecule has 0 saturated carbocycles. The molecule has 0 aromatic heterocycles. The van der Waals surface area contributed by atoms with Gasteiger partial charge in [0.1, 0.15) is 0 Å². The Morgan fingerprint density at radius 3 is 2.69 bits per heavy atom. The zero-order valence-corrected chi connectivity index (χ0v) is 11.7. The highest BCUT2D eigenvalue weighted by Gasteiger charge is 2.27. The van der Waals surface area contributed by atoms with Crippen LogP contribution in [-0.2, 0) is 5.75 Å². The molecule has 1 nitrogen and oxygen atoms in total. The fourth-order valence-corrected chi connectivity index (χ4v) is 4.05. The van der Waals surface area contributed by atoms with Crippen LogP contribution in [0.5, 0.6) is 0 Å². The monoisotopic (exact) mass is 275 g/mol. The lowest BCUT2D eigenvalue weighted by atomic mass is 9.93. The molecule has 4 heteroatoms. The average Bonchev–Trinajstić information content (AvgIpc) is 2.43. The summed E-state index contributed by atoms with van der Waals surface area (Å²) >= 11 is 14.5. The van der Waals surface area contributed by atoms with E-state index in [2.05, 4.69) is 12.2 Å². The molecule has 0 amide bonds. The van der Waals surface area contributed by atoms with Gasteiger partial charge in [0.05, 0.1) is 0 Å². The molecule has 16 heavy (non-hydrogen) atoms. The molecule has 88 valence electrons. The van der Waals surface area contributed by atoms with E-state index < -0.39 is 0 Å². The van der Waals surface area contributed by atoms with Crippen LogP contribution in [0.1, 0.15) is 24.1 Å². The Hall–Kier alpha value is 0.110. The van der Waals surface area contributed by atoms with Crippen molar-refractivity contribution in [1.82, 2.24) is 5.32 Å². The molecular formula is C12H15Cl2NS. The maximum Gasteiger partial charge on any atom is 0.0458 e. The zero-order valence-electron chi connectivity index (χ0n) is 9.39. The Balaban J connectivity index is 2.57. The molecule has 0 bridgehead atoms. The first-order chi connectivity index (χ1) is 7.65. The quantitative estimate of drug-likeness (QED) is 0.827. The van der Waals surface area contributed by atoms with Gasteiger partial charge in [0, 0.05) is 21.8 Å². The van der Waals surface area contributed by atoms with E-state index in [4.69, 9.17) is 23.2 Å². The van der Waals surface area contributed by atoms with Crippen LogP contribution in [0.15, 0.2) is 12.1 Å². The summed E-state index contributed by atoms with van der Waals surface area (Å²) < 4.78 is 0. The van der Waals surface area contributed by atoms with E-state index in [9.17, 15) is 0 Å². The van der Waals surface area contributed by atoms with Gasteiger partial charge in [-0.3, -0.25) is 0 Å². The third kappa shape index (κ3) is 2.21. The van der Waals surface area contributed by atoms with Crippen molar-refractivity contribution in [2.24, 2.45) is 5.92 Å². The van der Waals surface area contributed by atoms with Crippen molar-refractivity contribution < 1.29 is 0 Å². The molecule has 1 aromatic rings. The summed E-state index contributed by atoms with van der Waals surface area (Å²) in [4.78, 5) is 0. The van der Waals surface area contributed by atoms with Gasteiger partial charge in [-0.25, -0.2) is 0 Å². The predicted octanol–water partition coefficient (Wildman–Crippen LogP) is 4.14. The van der Waals surface area contributed by atoms with Crippen molar-refractivity contribution in [3.63, 3.8) is 0 Å². The van der Waals surface area contributed by atoms with Crippen LogP contribution in [0.3, 0.4) is 0 Å². The highest BCUT2D eigenvalue weighted by molar-refractivity contribution is 7.98. The van der Waals surface area contributed by atoms with E-state index in [-0.39, 0.29) is 0 Å². The van der Waals surface area contributed by atoms with Gasteiger partial charge in [0.2, 0.25) is 0 Å². The molecule has 1 N–H and O–H groups in total. The Morgan fingerprint density at radius 2 is 2.00 bits per heavy atom. The molecule has 0 aliphatic carbocycles. The number of thioether (sulfide) groups is 1. The minimum absolute atomic E-state index is 0.302. The van der Waals surface area contributed by atoms with Crippen LogP contribution in [-0.4, -0.2) is 12.8 Å². The third-order valence-corrected chi connectivity index (χ3v) is 5.00. The molecule has 1 aliphatic heterocycles. The van der Waals surface area contributed by atoms with Gasteiger partial charge >= 0.3 is 0 Å². The number of halogens is 2. The summed E-state index contributed by atoms with van der Waals surface area (Å²) in [6, 6.07) is 4.10. The van der Waals surface area contributed by atoms with E-state index in [1.807, 2.05) is 30.9 Å². The Bertz CT molecular complexity index is 395. The van der Waals surface area contributed by atoms with Crippen molar-refractivity contribution >= 4 is 35.0 Å². The van der Waals surface area contributed by atoms with Crippen LogP contribution < -0.4 is 5.32 Å². The summed E-state index contributed by atoms with van der Waals surface area (Å²) in [5.74, 6) is 2.65. The highest BCUT2D eigenvalue weighted by atomic mass is 35.5. The molecule has 0 fully saturated rings. The maximum atomic E-state index is 6.32. The standard InChI is InChI=1S/C12H15Cl2NS/c1-7-5-16-6-8-9(13)3-4-10(14)11(8)12(7)15-2/h3-4,7,12,15H,5-6H2,1-2H3. The molecule has 1 heterocycles. The first-order valence-electron chi connectivity index (χ1n) is 5.37. The summed E-state index contributed by atoms with van der Waals surface area (Å²) in [6.07, 6.45) is 0. The van der Waals surface area contributed by atoms with Crippen LogP contribution >= 0.6 is 35.0 Å². The molecule has 2 rings (SSSR count). The van der Waals surface area contributed by atoms with Gasteiger partial charge in [0.25, 0.3) is 0 Å². The van der Waals surface area contributed by atoms with Gasteiger partial charge in [-0.1, -0.05) is 30.1 Å². The van der Waals surface area contributed by atoms with Crippen LogP contribution in [0.4, 0.5) is 0 Å². The Morgan fingerprint density at radius 1 is 1.31 bits per heavy atom. The highest BCUT2D eigenvalue weighted by Crippen LogP contribution is 2.40. The van der Waals surface area contributed by atoms with E-state index in [1.54, 1.807) is 0 Å². The van der Waals surface area contributed by atoms with Crippen molar-refractivity contribution in [3.8, 4) is 0 Å². The molecule has 0 saturated heterocycles. The smallest absolute Gasteiger partial charge is 0.0458 e. The zero-order chi connectivity index (χ0) is 11.7. The minimum Gasteiger partial charge on any atom is -0.313 e. The molecule has 0 spiro atoms. The van der Waals surface area contributed by atoms with Gasteiger partial charge in [0.15, 0.2) is 0 Å². The second kappa shape index (κ2) is 5.18. The van der Waals surface area contributed by atoms with Gasteiger partial charge < -0.3 is 5.32 Å². The van der Waals surface area contributed by atoms with Crippen molar-refractivity contribution in [3.05, 3.63) is 33.3 Å². The van der Waals surface area contributed by atoms with E-state index in [0.29, 0.717) is 12.0 Å². The molecule has 0 radical (unpaired) electrons. The largest absolute Gasteiger partial charge is 0.313 e. The Kier molecular flexibility index (Phi) is 4.06. The summed E-state index contributed by atoms with van der Waals surface area (Å²) in [5.41, 5.74) is 2.39. The van der Waals surface area contributed by atoms with Crippen LogP contribution in [0, 0.1) is 5.92 Å². The lowest BCUT2D eigenvalue weighted by Crippen LogP contribution is -2.25. The second-order valence-corrected chi connectivity index (χ2v) is 6.02. The van der Waals surface area contributed by atoms with Crippen molar-refractivity contribution in [1.29, 1.82) is 0 Å². The summed E-state index contributed by atoms with van der Waals surface area (Å²) in [5, 5.41) is 5.02. The van der Waals surface area contributed by atoms with Crippen LogP contribution in [0.2, 0.25) is 10.0 Å². The fraction of sp³-hybridized carbons (Fsp3) is 0.500. The average molecular weight is 276 g/mol. The molecule has 1 aromatic carbocycles. The molecule has 2 atom stereocenters. The first kappa shape index (κ1) is 12.6. The molecule has 1 aliphatic rings. The van der Waals surface area contributed by atoms with E-state index in [0.717, 1.165) is 21.6 Å². The summed E-state index contributed by atoms with van der Waals surface area (Å²) in [7, 11) is 1.98. The molecule has 2 unspecified atom stereocenters. The number of rotatable bonds is 1. The molecular weight excluding hydrogens is 261 g/mol. The maximum absolute atomic E-state index is 6.32. The normalized spacial score (nSPS) is 25.0. The van der Waals surface area contributed by atoms with Crippen LogP contribution in [0.25, 0.3) is 0 Å². The van der Waals surface area contributed by atoms with Crippen molar-refractivity contribution in [2.45, 2.75) is 18.7 Å². The van der Waals surface area contributed by atoms with Crippen molar-refractivity contribution in [2.75, 3.05) is 12.8 Å². The van der Waals surface area contributed by atoms with E-state index in [1.165, 1.54) is 11.1 Å². The van der Waals surface area contributed by atoms with Gasteiger partial charge in [-0.15, -0.1) is 0 Å². The lowest BCUT2D eigenvalue weighted by molar-refractivity contribution is 0.450. The Labute approximate surface area is 111 Å². The lowest BCUT2D eigenvalue weighted by Gasteiger charge is -2.24. The van der Waals surface area contributed by atoms with E-state index >= 15 is 0 Å². The van der Waals surface area contributed by atoms with Gasteiger partial charge in [-0.2, -0.15) is 11.8 Å². The third-order valence-electron chi connectivity index (χ3n) is 3.06. The number of nitrogens with one attached hydrogen (secondary N) is 1. The number of hydrogen-bond donors (Lipinski definition) is 1. The topological polar surface area (TPSA) is 12.0 Å². The minimum atomic E-state index is 0.302. The number of hydrogen-bond acceptors (Lipinski definition) is 2. The van der Waals surface area contributed by atoms with Gasteiger partial charge in [-0.05, 0) is 42.0 Å². The number of benzene rings is 1. The SMILES string of the molecule is CNC1c2c(Cl)ccc(Cl)c2CSCC1C. The number of fused-ring (bicyclic) bond motifs is 1.